The predicted octanol–water partition coefficient (Wildman–Crippen LogP) is 7.16. The van der Waals surface area contributed by atoms with Gasteiger partial charge in [-0.2, -0.15) is 6.20 Å². The molecule has 0 aromatic carbocycles. The number of hydrogen-bond donors (Lipinski definition) is 0. The molecule has 128 valence electrons. The Kier molecular flexibility index (Phi) is 14.2. The summed E-state index contributed by atoms with van der Waals surface area (Å²) in [6.45, 7) is 7.55. The van der Waals surface area contributed by atoms with Gasteiger partial charge in [-0.1, -0.05) is 50.8 Å². The van der Waals surface area contributed by atoms with E-state index >= 15 is 0 Å². The Hall–Kier alpha value is 1.09. The minimum atomic E-state index is -3.06. The van der Waals surface area contributed by atoms with Crippen molar-refractivity contribution in [1.82, 2.24) is 0 Å². The van der Waals surface area contributed by atoms with Crippen LogP contribution in [0, 0.1) is 5.92 Å². The van der Waals surface area contributed by atoms with E-state index in [0.717, 1.165) is 32.0 Å². The van der Waals surface area contributed by atoms with Gasteiger partial charge in [0.1, 0.15) is 0 Å². The zero-order valence-electron chi connectivity index (χ0n) is 12.5. The predicted molar refractivity (Wildman–Crippen MR) is 95.3 cm³/mol. The number of halogens is 4. The second-order valence-electron chi connectivity index (χ2n) is 4.61. The van der Waals surface area contributed by atoms with Crippen LogP contribution in [0.5, 0.6) is 0 Å². The summed E-state index contributed by atoms with van der Waals surface area (Å²) < 4.78 is 0. The van der Waals surface area contributed by atoms with E-state index in [4.69, 9.17) is 37.7 Å². The molecule has 0 N–H and O–H groups in total. The van der Waals surface area contributed by atoms with Gasteiger partial charge in [0.25, 0.3) is 0 Å². The summed E-state index contributed by atoms with van der Waals surface area (Å²) in [7, 11) is 20.0. The summed E-state index contributed by atoms with van der Waals surface area (Å²) in [6.07, 6.45) is 11.3. The van der Waals surface area contributed by atoms with Gasteiger partial charge in [0.2, 0.25) is 0 Å². The van der Waals surface area contributed by atoms with Crippen molar-refractivity contribution in [3.63, 3.8) is 0 Å². The van der Waals surface area contributed by atoms with Crippen LogP contribution in [-0.4, -0.2) is 19.6 Å². The maximum absolute atomic E-state index is 5.01. The molecule has 0 unspecified atom stereocenters. The van der Waals surface area contributed by atoms with Crippen LogP contribution in [0.2, 0.25) is 0 Å². The molecule has 0 saturated carbocycles. The first-order valence-electron chi connectivity index (χ1n) is 7.00. The minimum absolute atomic E-state index is 0.875. The van der Waals surface area contributed by atoms with E-state index in [1.807, 2.05) is 6.20 Å². The molecule has 2 rings (SSSR count). The average molecular weight is 557 g/mol. The Morgan fingerprint density at radius 3 is 2.00 bits per heavy atom. The summed E-state index contributed by atoms with van der Waals surface area (Å²) in [4.78, 5) is 0. The zero-order valence-corrected chi connectivity index (χ0v) is 17.8. The van der Waals surface area contributed by atoms with Crippen molar-refractivity contribution in [3.8, 4) is 0 Å². The molecular formula is C14H24Cl4N2Pt. The summed E-state index contributed by atoms with van der Waals surface area (Å²) >= 11 is -3.06. The zero-order chi connectivity index (χ0) is 16.1. The molecule has 0 amide bonds. The van der Waals surface area contributed by atoms with E-state index in [0.29, 0.717) is 0 Å². The molecule has 0 spiro atoms. The topological polar surface area (TPSA) is 28.2 Å². The van der Waals surface area contributed by atoms with Gasteiger partial charge < -0.3 is 10.6 Å². The first kappa shape index (κ1) is 22.1. The van der Waals surface area contributed by atoms with E-state index in [2.05, 4.69) is 36.6 Å². The fourth-order valence-electron chi connectivity index (χ4n) is 1.92. The Bertz CT molecular complexity index is 305. The molecule has 1 saturated heterocycles. The molecule has 0 aromatic heterocycles. The first-order valence-corrected chi connectivity index (χ1v) is 18.3. The SMILES string of the molecule is CCC1=CC[N-]C=C1.CCC1CC[N-]CC1.[Cl][Pt+2]([Cl])([Cl])[Cl]. The summed E-state index contributed by atoms with van der Waals surface area (Å²) in [5, 5.41) is 8.29. The summed E-state index contributed by atoms with van der Waals surface area (Å²) in [5.41, 5.74) is 1.40. The van der Waals surface area contributed by atoms with Gasteiger partial charge in [-0.15, -0.1) is 19.6 Å². The monoisotopic (exact) mass is 555 g/mol. The quantitative estimate of drug-likeness (QED) is 0.345. The fourth-order valence-corrected chi connectivity index (χ4v) is 1.92. The third kappa shape index (κ3) is 17.3. The molecule has 0 aromatic rings. The molecule has 0 atom stereocenters. The van der Waals surface area contributed by atoms with Crippen LogP contribution in [0.15, 0.2) is 23.9 Å². The van der Waals surface area contributed by atoms with Gasteiger partial charge >= 0.3 is 49.6 Å². The molecule has 1 fully saturated rings. The second kappa shape index (κ2) is 13.5. The van der Waals surface area contributed by atoms with Gasteiger partial charge in [-0.25, -0.2) is 0 Å². The van der Waals surface area contributed by atoms with Crippen molar-refractivity contribution in [2.45, 2.75) is 39.5 Å². The van der Waals surface area contributed by atoms with E-state index < -0.39 is 11.9 Å². The Morgan fingerprint density at radius 2 is 1.71 bits per heavy atom. The maximum atomic E-state index is 5.01. The van der Waals surface area contributed by atoms with Crippen LogP contribution in [0.4, 0.5) is 0 Å². The Labute approximate surface area is 148 Å². The van der Waals surface area contributed by atoms with Crippen molar-refractivity contribution in [1.29, 1.82) is 0 Å². The number of nitrogens with zero attached hydrogens (tertiary/aromatic N) is 2. The van der Waals surface area contributed by atoms with Crippen molar-refractivity contribution >= 4 is 37.7 Å². The van der Waals surface area contributed by atoms with E-state index in [1.54, 1.807) is 0 Å². The van der Waals surface area contributed by atoms with E-state index in [9.17, 15) is 0 Å². The van der Waals surface area contributed by atoms with E-state index in [1.165, 1.54) is 24.8 Å². The van der Waals surface area contributed by atoms with Crippen LogP contribution < -0.4 is 0 Å². The molecule has 2 heterocycles. The van der Waals surface area contributed by atoms with Gasteiger partial charge in [-0.3, -0.25) is 0 Å². The average Bonchev–Trinajstić information content (AvgIpc) is 2.48. The van der Waals surface area contributed by atoms with Gasteiger partial charge in [0.05, 0.1) is 0 Å². The normalized spacial score (nSPS) is 19.2. The third-order valence-electron chi connectivity index (χ3n) is 3.23. The van der Waals surface area contributed by atoms with Crippen LogP contribution in [0.1, 0.15) is 39.5 Å². The fraction of sp³-hybridized carbons (Fsp3) is 0.714. The number of hydrogen-bond acceptors (Lipinski definition) is 0. The van der Waals surface area contributed by atoms with Crippen LogP contribution in [0.3, 0.4) is 0 Å². The van der Waals surface area contributed by atoms with Gasteiger partial charge in [-0.05, 0) is 12.3 Å². The Morgan fingerprint density at radius 1 is 1.14 bits per heavy atom. The summed E-state index contributed by atoms with van der Waals surface area (Å²) in [5.74, 6) is 0.993. The van der Waals surface area contributed by atoms with Gasteiger partial charge in [0, 0.05) is 0 Å². The number of rotatable bonds is 2. The number of piperidine rings is 1. The van der Waals surface area contributed by atoms with Crippen molar-refractivity contribution in [3.05, 3.63) is 34.6 Å². The number of allylic oxidation sites excluding steroid dienone is 2. The molecular weight excluding hydrogens is 533 g/mol. The molecule has 0 radical (unpaired) electrons. The molecule has 0 bridgehead atoms. The molecule has 21 heavy (non-hydrogen) atoms. The van der Waals surface area contributed by atoms with Crippen molar-refractivity contribution in [2.24, 2.45) is 5.92 Å². The van der Waals surface area contributed by atoms with Crippen molar-refractivity contribution < 1.29 is 11.9 Å². The molecule has 2 aliphatic heterocycles. The third-order valence-corrected chi connectivity index (χ3v) is 3.23. The molecule has 0 aliphatic carbocycles. The summed E-state index contributed by atoms with van der Waals surface area (Å²) in [6, 6.07) is 0. The standard InChI is InChI=1S/C7H14N.C7H10N.4ClH.Pt/c2*1-2-7-3-5-8-6-4-7;;;;;/h7H,2-6H2,1H3;3-5H,2,6H2,1H3;4*1H;/q2*-1;;;;;+6/p-4. The van der Waals surface area contributed by atoms with Crippen molar-refractivity contribution in [2.75, 3.05) is 19.6 Å². The molecule has 2 aliphatic rings. The Balaban J connectivity index is 0.000000296. The van der Waals surface area contributed by atoms with Gasteiger partial charge in [0.15, 0.2) is 0 Å². The van der Waals surface area contributed by atoms with Crippen LogP contribution in [0.25, 0.3) is 10.6 Å². The molecule has 7 heteroatoms. The van der Waals surface area contributed by atoms with Crippen LogP contribution >= 0.6 is 37.7 Å². The second-order valence-corrected chi connectivity index (χ2v) is 24.3. The van der Waals surface area contributed by atoms with E-state index in [-0.39, 0.29) is 0 Å². The molecule has 2 nitrogen and oxygen atoms in total. The van der Waals surface area contributed by atoms with Crippen LogP contribution in [-0.2, 0) is 11.9 Å². The first-order chi connectivity index (χ1) is 9.86.